The molecule has 0 unspecified atom stereocenters. The first-order chi connectivity index (χ1) is 11.3. The second-order valence-electron chi connectivity index (χ2n) is 6.28. The lowest BCUT2D eigenvalue weighted by atomic mass is 10.1. The lowest BCUT2D eigenvalue weighted by molar-refractivity contribution is 0.100. The van der Waals surface area contributed by atoms with Gasteiger partial charge in [0.05, 0.1) is 10.6 Å². The van der Waals surface area contributed by atoms with Gasteiger partial charge in [0, 0.05) is 24.5 Å². The van der Waals surface area contributed by atoms with Crippen LogP contribution < -0.4 is 10.9 Å². The van der Waals surface area contributed by atoms with Crippen LogP contribution in [0.5, 0.6) is 0 Å². The van der Waals surface area contributed by atoms with Gasteiger partial charge in [0.25, 0.3) is 11.5 Å². The second-order valence-corrected chi connectivity index (χ2v) is 6.72. The average Bonchev–Trinajstić information content (AvgIpc) is 2.91. The summed E-state index contributed by atoms with van der Waals surface area (Å²) in [5, 5.41) is 3.18. The number of amides is 1. The minimum absolute atomic E-state index is 0.251. The molecule has 0 aliphatic rings. The van der Waals surface area contributed by atoms with Crippen molar-refractivity contribution in [2.75, 3.05) is 5.32 Å². The number of anilines is 1. The van der Waals surface area contributed by atoms with Crippen LogP contribution in [-0.4, -0.2) is 25.1 Å². The molecule has 1 N–H and O–H groups in total. The highest BCUT2D eigenvalue weighted by Gasteiger charge is 2.25. The third-order valence-corrected chi connectivity index (χ3v) is 3.60. The molecule has 0 atom stereocenters. The van der Waals surface area contributed by atoms with Crippen LogP contribution >= 0.6 is 11.6 Å². The molecule has 1 amide bonds. The van der Waals surface area contributed by atoms with Gasteiger partial charge in [-0.05, 0) is 32.9 Å². The number of halogens is 1. The summed E-state index contributed by atoms with van der Waals surface area (Å²) < 4.78 is 3.02. The highest BCUT2D eigenvalue weighted by Crippen LogP contribution is 2.20. The van der Waals surface area contributed by atoms with Gasteiger partial charge in [0.2, 0.25) is 0 Å². The molecule has 0 saturated carbocycles. The zero-order valence-electron chi connectivity index (χ0n) is 13.4. The van der Waals surface area contributed by atoms with E-state index in [1.54, 1.807) is 22.9 Å². The van der Waals surface area contributed by atoms with Gasteiger partial charge in [0.1, 0.15) is 11.5 Å². The van der Waals surface area contributed by atoms with Crippen LogP contribution in [0.3, 0.4) is 0 Å². The van der Waals surface area contributed by atoms with E-state index in [2.05, 4.69) is 15.3 Å². The molecule has 3 aromatic rings. The Morgan fingerprint density at radius 1 is 1.21 bits per heavy atom. The molecule has 0 spiro atoms. The van der Waals surface area contributed by atoms with Crippen molar-refractivity contribution in [3.8, 4) is 0 Å². The molecule has 8 heteroatoms. The Hall–Kier alpha value is -2.67. The molecular formula is C16H16ClN5O2. The Morgan fingerprint density at radius 3 is 2.58 bits per heavy atom. The average molecular weight is 346 g/mol. The molecule has 0 aliphatic carbocycles. The van der Waals surface area contributed by atoms with Gasteiger partial charge in [-0.1, -0.05) is 11.6 Å². The Bertz CT molecular complexity index is 967. The SMILES string of the molecule is CC(C)(C)n1c(C(=O)Nc2ccc(Cl)cn2)cc2nccc(=O)n21. The van der Waals surface area contributed by atoms with Gasteiger partial charge < -0.3 is 5.32 Å². The van der Waals surface area contributed by atoms with Crippen LogP contribution in [-0.2, 0) is 5.54 Å². The van der Waals surface area contributed by atoms with E-state index in [4.69, 9.17) is 11.6 Å². The van der Waals surface area contributed by atoms with E-state index >= 15 is 0 Å². The lowest BCUT2D eigenvalue weighted by Gasteiger charge is -2.24. The predicted molar refractivity (Wildman–Crippen MR) is 91.6 cm³/mol. The van der Waals surface area contributed by atoms with Crippen LogP contribution in [0, 0.1) is 0 Å². The Labute approximate surface area is 142 Å². The molecule has 7 nitrogen and oxygen atoms in total. The van der Waals surface area contributed by atoms with E-state index in [-0.39, 0.29) is 11.5 Å². The maximum atomic E-state index is 12.7. The summed E-state index contributed by atoms with van der Waals surface area (Å²) in [7, 11) is 0. The van der Waals surface area contributed by atoms with Gasteiger partial charge in [0.15, 0.2) is 5.65 Å². The fourth-order valence-electron chi connectivity index (χ4n) is 2.46. The fourth-order valence-corrected chi connectivity index (χ4v) is 2.57. The van der Waals surface area contributed by atoms with Crippen molar-refractivity contribution < 1.29 is 4.79 Å². The molecule has 0 bridgehead atoms. The molecule has 0 aliphatic heterocycles. The number of fused-ring (bicyclic) bond motifs is 1. The van der Waals surface area contributed by atoms with Crippen molar-refractivity contribution >= 4 is 29.0 Å². The van der Waals surface area contributed by atoms with Crippen molar-refractivity contribution in [1.82, 2.24) is 19.2 Å². The summed E-state index contributed by atoms with van der Waals surface area (Å²) >= 11 is 5.80. The van der Waals surface area contributed by atoms with Gasteiger partial charge in [-0.15, -0.1) is 0 Å². The summed E-state index contributed by atoms with van der Waals surface area (Å²) in [5.74, 6) is -0.0138. The number of hydrogen-bond donors (Lipinski definition) is 1. The zero-order chi connectivity index (χ0) is 17.5. The van der Waals surface area contributed by atoms with Gasteiger partial charge in [-0.2, -0.15) is 4.52 Å². The monoisotopic (exact) mass is 345 g/mol. The second kappa shape index (κ2) is 5.76. The first-order valence-corrected chi connectivity index (χ1v) is 7.68. The van der Waals surface area contributed by atoms with Crippen molar-refractivity contribution in [1.29, 1.82) is 0 Å². The van der Waals surface area contributed by atoms with Gasteiger partial charge in [-0.3, -0.25) is 14.3 Å². The zero-order valence-corrected chi connectivity index (χ0v) is 14.2. The number of carbonyl (C=O) groups is 1. The molecule has 0 radical (unpaired) electrons. The minimum Gasteiger partial charge on any atom is -0.305 e. The molecule has 124 valence electrons. The normalized spacial score (nSPS) is 11.7. The minimum atomic E-state index is -0.505. The topological polar surface area (TPSA) is 81.3 Å². The Balaban J connectivity index is 2.11. The molecule has 0 aromatic carbocycles. The number of carbonyl (C=O) groups excluding carboxylic acids is 1. The third kappa shape index (κ3) is 2.90. The van der Waals surface area contributed by atoms with Crippen LogP contribution in [0.2, 0.25) is 5.02 Å². The highest BCUT2D eigenvalue weighted by atomic mass is 35.5. The van der Waals surface area contributed by atoms with Gasteiger partial charge >= 0.3 is 0 Å². The first-order valence-electron chi connectivity index (χ1n) is 7.30. The van der Waals surface area contributed by atoms with Crippen LogP contribution in [0.15, 0.2) is 41.5 Å². The quantitative estimate of drug-likeness (QED) is 0.774. The summed E-state index contributed by atoms with van der Waals surface area (Å²) in [6, 6.07) is 6.18. The van der Waals surface area contributed by atoms with Crippen molar-refractivity contribution in [3.05, 3.63) is 57.7 Å². The van der Waals surface area contributed by atoms with E-state index in [0.717, 1.165) is 0 Å². The predicted octanol–water partition coefficient (Wildman–Crippen LogP) is 2.55. The van der Waals surface area contributed by atoms with Crippen LogP contribution in [0.25, 0.3) is 5.65 Å². The Morgan fingerprint density at radius 2 is 1.96 bits per heavy atom. The van der Waals surface area contributed by atoms with E-state index < -0.39 is 5.54 Å². The van der Waals surface area contributed by atoms with Crippen LogP contribution in [0.1, 0.15) is 31.3 Å². The Kier molecular flexibility index (Phi) is 3.88. The first kappa shape index (κ1) is 16.2. The number of pyridine rings is 1. The molecular weight excluding hydrogens is 330 g/mol. The highest BCUT2D eigenvalue weighted by molar-refractivity contribution is 6.30. The van der Waals surface area contributed by atoms with Crippen LogP contribution in [0.4, 0.5) is 5.82 Å². The van der Waals surface area contributed by atoms with Crippen molar-refractivity contribution in [3.63, 3.8) is 0 Å². The number of nitrogens with one attached hydrogen (secondary N) is 1. The maximum absolute atomic E-state index is 12.7. The largest absolute Gasteiger partial charge is 0.305 e. The molecule has 0 fully saturated rings. The standard InChI is InChI=1S/C16H16ClN5O2/c1-16(2,3)22-11(8-13-18-7-6-14(23)21(13)22)15(24)20-12-5-4-10(17)9-19-12/h4-9H,1-3H3,(H,19,20,24). The smallest absolute Gasteiger partial charge is 0.275 e. The summed E-state index contributed by atoms with van der Waals surface area (Å²) in [6.07, 6.45) is 2.87. The maximum Gasteiger partial charge on any atom is 0.275 e. The molecule has 3 aromatic heterocycles. The third-order valence-electron chi connectivity index (χ3n) is 3.38. The number of rotatable bonds is 2. The molecule has 3 rings (SSSR count). The van der Waals surface area contributed by atoms with E-state index in [1.165, 1.54) is 23.0 Å². The van der Waals surface area contributed by atoms with Gasteiger partial charge in [-0.25, -0.2) is 9.97 Å². The summed E-state index contributed by atoms with van der Waals surface area (Å²) in [5.41, 5.74) is -0.0328. The lowest BCUT2D eigenvalue weighted by Crippen LogP contribution is -2.35. The summed E-state index contributed by atoms with van der Waals surface area (Å²) in [4.78, 5) is 33.1. The number of aromatic nitrogens is 4. The molecule has 24 heavy (non-hydrogen) atoms. The van der Waals surface area contributed by atoms with E-state index in [1.807, 2.05) is 20.8 Å². The van der Waals surface area contributed by atoms with Crippen molar-refractivity contribution in [2.45, 2.75) is 26.3 Å². The van der Waals surface area contributed by atoms with E-state index in [9.17, 15) is 9.59 Å². The molecule has 3 heterocycles. The van der Waals surface area contributed by atoms with E-state index in [0.29, 0.717) is 22.2 Å². The van der Waals surface area contributed by atoms with Crippen molar-refractivity contribution in [2.24, 2.45) is 0 Å². The fraction of sp³-hybridized carbons (Fsp3) is 0.250. The number of nitrogens with zero attached hydrogens (tertiary/aromatic N) is 4. The number of hydrogen-bond acceptors (Lipinski definition) is 4. The summed E-state index contributed by atoms with van der Waals surface area (Å²) in [6.45, 7) is 5.72. The molecule has 0 saturated heterocycles.